The maximum Gasteiger partial charge on any atom is 1.00 e. The van der Waals surface area contributed by atoms with Crippen LogP contribution in [0.3, 0.4) is 0 Å². The quantitative estimate of drug-likeness (QED) is 0.557. The molecular weight excluding hydrogens is 218 g/mol. The van der Waals surface area contributed by atoms with Crippen LogP contribution in [0.5, 0.6) is 0 Å². The Bertz CT molecular complexity index is 245. The minimum Gasteiger partial charge on any atom is -0.184 e. The molecule has 0 N–H and O–H groups in total. The topological polar surface area (TPSA) is 0 Å². The first-order chi connectivity index (χ1) is 5.02. The Morgan fingerprint density at radius 1 is 1.25 bits per heavy atom. The third kappa shape index (κ3) is 3.41. The molecule has 0 amide bonds. The van der Waals surface area contributed by atoms with Gasteiger partial charge in [-0.1, -0.05) is 27.7 Å². The van der Waals surface area contributed by atoms with Gasteiger partial charge < -0.3 is 0 Å². The van der Waals surface area contributed by atoms with Crippen LogP contribution in [0.2, 0.25) is 0 Å². The molecule has 0 spiro atoms. The smallest absolute Gasteiger partial charge is 0.184 e. The summed E-state index contributed by atoms with van der Waals surface area (Å²) >= 11 is 0. The monoisotopic (exact) mass is 232 g/mol. The Morgan fingerprint density at radius 3 is 2.17 bits per heavy atom. The first kappa shape index (κ1) is 13.0. The number of rotatable bonds is 0. The summed E-state index contributed by atoms with van der Waals surface area (Å²) in [6, 6.07) is 9.24. The Balaban J connectivity index is 0.00000121. The van der Waals surface area contributed by atoms with E-state index in [0.29, 0.717) is 0 Å². The average molecular weight is 233 g/mol. The summed E-state index contributed by atoms with van der Waals surface area (Å²) in [6.07, 6.45) is 0. The summed E-state index contributed by atoms with van der Waals surface area (Å²) in [5, 5.41) is 0. The zero-order valence-corrected chi connectivity index (χ0v) is 13.6. The SMILES string of the molecule is Cc1c[c-]ccc1C(C)(C)C.[Rb+]. The molecule has 0 radical (unpaired) electrons. The van der Waals surface area contributed by atoms with Gasteiger partial charge in [0.1, 0.15) is 0 Å². The first-order valence-electron chi connectivity index (χ1n) is 3.99. The van der Waals surface area contributed by atoms with Crippen LogP contribution in [0.25, 0.3) is 0 Å². The second-order valence-corrected chi connectivity index (χ2v) is 3.99. The van der Waals surface area contributed by atoms with Crippen LogP contribution in [0, 0.1) is 13.0 Å². The standard InChI is InChI=1S/C11H15.Rb/c1-9-7-5-6-8-10(9)11(2,3)4;/h6-8H,1-4H3;/q-1;+1. The van der Waals surface area contributed by atoms with Gasteiger partial charge in [-0.05, 0) is 5.41 Å². The number of benzene rings is 1. The van der Waals surface area contributed by atoms with E-state index in [2.05, 4.69) is 39.8 Å². The molecule has 1 rings (SSSR count). The molecule has 0 aromatic heterocycles. The van der Waals surface area contributed by atoms with Crippen molar-refractivity contribution in [1.29, 1.82) is 0 Å². The second kappa shape index (κ2) is 5.04. The molecule has 1 aromatic carbocycles. The zero-order valence-electron chi connectivity index (χ0n) is 8.73. The van der Waals surface area contributed by atoms with E-state index < -0.39 is 0 Å². The molecule has 1 heteroatoms. The van der Waals surface area contributed by atoms with E-state index in [-0.39, 0.29) is 63.6 Å². The maximum absolute atomic E-state index is 3.07. The van der Waals surface area contributed by atoms with Gasteiger partial charge in [0.15, 0.2) is 0 Å². The van der Waals surface area contributed by atoms with Crippen molar-refractivity contribution in [2.45, 2.75) is 33.1 Å². The van der Waals surface area contributed by atoms with E-state index in [1.165, 1.54) is 11.1 Å². The van der Waals surface area contributed by atoms with Crippen molar-refractivity contribution in [3.8, 4) is 0 Å². The Labute approximate surface area is 125 Å². The predicted molar refractivity (Wildman–Crippen MR) is 48.7 cm³/mol. The molecule has 0 nitrogen and oxygen atoms in total. The average Bonchev–Trinajstić information content (AvgIpc) is 1.86. The molecule has 0 atom stereocenters. The van der Waals surface area contributed by atoms with Crippen LogP contribution in [0.1, 0.15) is 31.9 Å². The Kier molecular flexibility index (Phi) is 5.47. The Hall–Kier alpha value is 1.03. The summed E-state index contributed by atoms with van der Waals surface area (Å²) < 4.78 is 0. The summed E-state index contributed by atoms with van der Waals surface area (Å²) in [5.74, 6) is 0. The largest absolute Gasteiger partial charge is 1.00 e. The van der Waals surface area contributed by atoms with E-state index in [1.54, 1.807) is 0 Å². The van der Waals surface area contributed by atoms with Gasteiger partial charge in [0.05, 0.1) is 0 Å². The van der Waals surface area contributed by atoms with Crippen LogP contribution < -0.4 is 58.2 Å². The van der Waals surface area contributed by atoms with E-state index in [1.807, 2.05) is 12.1 Å². The van der Waals surface area contributed by atoms with E-state index in [0.717, 1.165) is 0 Å². The maximum atomic E-state index is 3.07. The van der Waals surface area contributed by atoms with Crippen molar-refractivity contribution in [2.75, 3.05) is 0 Å². The third-order valence-corrected chi connectivity index (χ3v) is 1.88. The molecule has 0 saturated carbocycles. The molecule has 0 aliphatic carbocycles. The van der Waals surface area contributed by atoms with Gasteiger partial charge in [0.25, 0.3) is 0 Å². The molecule has 0 bridgehead atoms. The van der Waals surface area contributed by atoms with Crippen molar-refractivity contribution < 1.29 is 58.2 Å². The van der Waals surface area contributed by atoms with E-state index >= 15 is 0 Å². The molecule has 0 unspecified atom stereocenters. The number of hydrogen-bond acceptors (Lipinski definition) is 0. The molecule has 0 fully saturated rings. The Morgan fingerprint density at radius 2 is 1.83 bits per heavy atom. The molecule has 0 aliphatic rings. The summed E-state index contributed by atoms with van der Waals surface area (Å²) in [5.41, 5.74) is 3.01. The fourth-order valence-corrected chi connectivity index (χ4v) is 1.36. The number of aryl methyl sites for hydroxylation is 1. The second-order valence-electron chi connectivity index (χ2n) is 3.99. The number of hydrogen-bond donors (Lipinski definition) is 0. The van der Waals surface area contributed by atoms with Gasteiger partial charge in [0.2, 0.25) is 0 Å². The fourth-order valence-electron chi connectivity index (χ4n) is 1.36. The van der Waals surface area contributed by atoms with Gasteiger partial charge in [-0.2, -0.15) is 29.8 Å². The van der Waals surface area contributed by atoms with Gasteiger partial charge in [-0.3, -0.25) is 0 Å². The molecule has 12 heavy (non-hydrogen) atoms. The summed E-state index contributed by atoms with van der Waals surface area (Å²) in [7, 11) is 0. The van der Waals surface area contributed by atoms with Crippen molar-refractivity contribution in [3.63, 3.8) is 0 Å². The molecular formula is C11H15Rb. The minimum absolute atomic E-state index is 0. The molecule has 1 aromatic rings. The van der Waals surface area contributed by atoms with Crippen LogP contribution >= 0.6 is 0 Å². The molecule has 0 heterocycles. The van der Waals surface area contributed by atoms with Crippen LogP contribution in [-0.2, 0) is 5.41 Å². The fraction of sp³-hybridized carbons (Fsp3) is 0.455. The van der Waals surface area contributed by atoms with Crippen LogP contribution in [-0.4, -0.2) is 0 Å². The van der Waals surface area contributed by atoms with Crippen molar-refractivity contribution in [1.82, 2.24) is 0 Å². The van der Waals surface area contributed by atoms with Crippen LogP contribution in [0.4, 0.5) is 0 Å². The third-order valence-electron chi connectivity index (χ3n) is 1.88. The van der Waals surface area contributed by atoms with Crippen molar-refractivity contribution in [3.05, 3.63) is 35.4 Å². The first-order valence-corrected chi connectivity index (χ1v) is 3.99. The van der Waals surface area contributed by atoms with Gasteiger partial charge in [-0.15, -0.1) is 5.56 Å². The van der Waals surface area contributed by atoms with E-state index in [4.69, 9.17) is 0 Å². The molecule has 60 valence electrons. The molecule has 0 saturated heterocycles. The van der Waals surface area contributed by atoms with Crippen molar-refractivity contribution >= 4 is 0 Å². The zero-order chi connectivity index (χ0) is 8.48. The minimum atomic E-state index is 0. The summed E-state index contributed by atoms with van der Waals surface area (Å²) in [6.45, 7) is 8.83. The molecule has 0 aliphatic heterocycles. The normalized spacial score (nSPS) is 10.7. The summed E-state index contributed by atoms with van der Waals surface area (Å²) in [4.78, 5) is 0. The van der Waals surface area contributed by atoms with Gasteiger partial charge >= 0.3 is 58.2 Å². The van der Waals surface area contributed by atoms with E-state index in [9.17, 15) is 0 Å². The van der Waals surface area contributed by atoms with Gasteiger partial charge in [0, 0.05) is 0 Å². The predicted octanol–water partition coefficient (Wildman–Crippen LogP) is 0.0967. The van der Waals surface area contributed by atoms with Gasteiger partial charge in [-0.25, -0.2) is 0 Å². The van der Waals surface area contributed by atoms with Crippen LogP contribution in [0.15, 0.2) is 18.2 Å². The van der Waals surface area contributed by atoms with Crippen molar-refractivity contribution in [2.24, 2.45) is 0 Å².